The number of piperazine rings is 1. The Labute approximate surface area is 187 Å². The molecule has 3 heterocycles. The van der Waals surface area contributed by atoms with Crippen LogP contribution in [0.15, 0.2) is 46.9 Å². The molecule has 2 unspecified atom stereocenters. The molecule has 2 N–H and O–H groups in total. The molecule has 0 spiro atoms. The van der Waals surface area contributed by atoms with Gasteiger partial charge in [-0.3, -0.25) is 4.99 Å². The Hall–Kier alpha value is -1.39. The standard InChI is InChI=1S/C20H27N5OS.HI/c21-19(24-9-11-25(12-10-24)20-22-8-14-27-20)23-15-17-7-4-13-26-18(17)16-5-2-1-3-6-16;/h1-3,5-6,8,14,17-18H,4,7,9-13,15H2,(H2,21,23);1H. The molecule has 8 heteroatoms. The van der Waals surface area contributed by atoms with E-state index in [1.165, 1.54) is 5.56 Å². The van der Waals surface area contributed by atoms with E-state index in [0.717, 1.165) is 57.3 Å². The van der Waals surface area contributed by atoms with E-state index in [-0.39, 0.29) is 30.1 Å². The van der Waals surface area contributed by atoms with E-state index < -0.39 is 0 Å². The molecule has 2 aliphatic rings. The first-order valence-corrected chi connectivity index (χ1v) is 10.5. The van der Waals surface area contributed by atoms with Gasteiger partial charge < -0.3 is 20.3 Å². The number of thiazole rings is 1. The van der Waals surface area contributed by atoms with Crippen molar-refractivity contribution in [1.82, 2.24) is 9.88 Å². The third kappa shape index (κ3) is 5.15. The van der Waals surface area contributed by atoms with E-state index >= 15 is 0 Å². The molecule has 2 saturated heterocycles. The summed E-state index contributed by atoms with van der Waals surface area (Å²) in [7, 11) is 0. The van der Waals surface area contributed by atoms with Crippen molar-refractivity contribution < 1.29 is 4.74 Å². The highest BCUT2D eigenvalue weighted by atomic mass is 127. The molecule has 0 aliphatic carbocycles. The van der Waals surface area contributed by atoms with Gasteiger partial charge in [-0.1, -0.05) is 30.3 Å². The van der Waals surface area contributed by atoms with Gasteiger partial charge in [-0.2, -0.15) is 0 Å². The van der Waals surface area contributed by atoms with Gasteiger partial charge in [-0.05, 0) is 18.4 Å². The van der Waals surface area contributed by atoms with Crippen molar-refractivity contribution in [3.63, 3.8) is 0 Å². The Morgan fingerprint density at radius 2 is 2.00 bits per heavy atom. The van der Waals surface area contributed by atoms with Gasteiger partial charge in [-0.15, -0.1) is 35.3 Å². The van der Waals surface area contributed by atoms with Crippen molar-refractivity contribution in [1.29, 1.82) is 0 Å². The summed E-state index contributed by atoms with van der Waals surface area (Å²) in [5.41, 5.74) is 7.56. The number of nitrogens with two attached hydrogens (primary N) is 1. The third-order valence-electron chi connectivity index (χ3n) is 5.35. The maximum absolute atomic E-state index is 6.32. The molecule has 1 aromatic heterocycles. The highest BCUT2D eigenvalue weighted by Crippen LogP contribution is 2.33. The molecule has 1 aromatic carbocycles. The summed E-state index contributed by atoms with van der Waals surface area (Å²) in [6.07, 6.45) is 4.21. The van der Waals surface area contributed by atoms with Crippen LogP contribution in [-0.4, -0.2) is 55.2 Å². The molecule has 0 amide bonds. The van der Waals surface area contributed by atoms with Gasteiger partial charge in [0.15, 0.2) is 11.1 Å². The monoisotopic (exact) mass is 513 g/mol. The lowest BCUT2D eigenvalue weighted by molar-refractivity contribution is -0.0250. The number of aromatic nitrogens is 1. The highest BCUT2D eigenvalue weighted by molar-refractivity contribution is 14.0. The van der Waals surface area contributed by atoms with Crippen LogP contribution in [0.3, 0.4) is 0 Å². The second kappa shape index (κ2) is 10.4. The average Bonchev–Trinajstić information content (AvgIpc) is 3.28. The Kier molecular flexibility index (Phi) is 7.92. The van der Waals surface area contributed by atoms with Crippen LogP contribution in [0.5, 0.6) is 0 Å². The number of hydrogen-bond donors (Lipinski definition) is 1. The van der Waals surface area contributed by atoms with Gasteiger partial charge in [0.1, 0.15) is 0 Å². The Bertz CT molecular complexity index is 734. The van der Waals surface area contributed by atoms with Gasteiger partial charge in [0.05, 0.1) is 6.10 Å². The predicted molar refractivity (Wildman–Crippen MR) is 126 cm³/mol. The zero-order chi connectivity index (χ0) is 18.5. The number of halogens is 1. The van der Waals surface area contributed by atoms with E-state index in [1.807, 2.05) is 17.6 Å². The average molecular weight is 513 g/mol. The summed E-state index contributed by atoms with van der Waals surface area (Å²) in [5, 5.41) is 3.11. The van der Waals surface area contributed by atoms with Crippen LogP contribution in [0.2, 0.25) is 0 Å². The largest absolute Gasteiger partial charge is 0.373 e. The number of ether oxygens (including phenoxy) is 1. The van der Waals surface area contributed by atoms with E-state index in [2.05, 4.69) is 39.0 Å². The molecule has 0 bridgehead atoms. The van der Waals surface area contributed by atoms with Crippen LogP contribution in [0.4, 0.5) is 5.13 Å². The summed E-state index contributed by atoms with van der Waals surface area (Å²) in [5.74, 6) is 1.04. The van der Waals surface area contributed by atoms with Gasteiger partial charge in [0.25, 0.3) is 0 Å². The fourth-order valence-corrected chi connectivity index (χ4v) is 4.55. The maximum Gasteiger partial charge on any atom is 0.191 e. The smallest absolute Gasteiger partial charge is 0.191 e. The molecule has 0 saturated carbocycles. The fraction of sp³-hybridized carbons (Fsp3) is 0.500. The van der Waals surface area contributed by atoms with Crippen molar-refractivity contribution >= 4 is 46.4 Å². The SMILES string of the molecule is I.NC(=NCC1CCCOC1c1ccccc1)N1CCN(c2nccs2)CC1. The second-order valence-corrected chi connectivity index (χ2v) is 7.97. The van der Waals surface area contributed by atoms with E-state index in [4.69, 9.17) is 15.5 Å². The number of benzene rings is 1. The molecule has 2 atom stereocenters. The second-order valence-electron chi connectivity index (χ2n) is 7.09. The summed E-state index contributed by atoms with van der Waals surface area (Å²) in [4.78, 5) is 13.6. The van der Waals surface area contributed by atoms with Crippen LogP contribution in [0.25, 0.3) is 0 Å². The molecule has 2 fully saturated rings. The summed E-state index contributed by atoms with van der Waals surface area (Å²) >= 11 is 1.69. The predicted octanol–water partition coefficient (Wildman–Crippen LogP) is 3.37. The van der Waals surface area contributed by atoms with Crippen molar-refractivity contribution in [2.75, 3.05) is 44.2 Å². The molecule has 2 aliphatic heterocycles. The topological polar surface area (TPSA) is 67.0 Å². The first-order chi connectivity index (χ1) is 13.3. The number of nitrogens with zero attached hydrogens (tertiary/aromatic N) is 4. The number of aliphatic imine (C=N–C) groups is 1. The summed E-state index contributed by atoms with van der Waals surface area (Å²) < 4.78 is 6.07. The van der Waals surface area contributed by atoms with E-state index in [0.29, 0.717) is 11.9 Å². The quantitative estimate of drug-likeness (QED) is 0.386. The van der Waals surface area contributed by atoms with E-state index in [9.17, 15) is 0 Å². The van der Waals surface area contributed by atoms with Gasteiger partial charge in [-0.25, -0.2) is 4.98 Å². The normalized spacial score (nSPS) is 23.4. The zero-order valence-electron chi connectivity index (χ0n) is 15.9. The number of hydrogen-bond acceptors (Lipinski definition) is 5. The molecular formula is C20H28IN5OS. The first-order valence-electron chi connectivity index (χ1n) is 9.67. The van der Waals surface area contributed by atoms with Crippen LogP contribution >= 0.6 is 35.3 Å². The summed E-state index contributed by atoms with van der Waals surface area (Å²) in [6, 6.07) is 10.5. The Morgan fingerprint density at radius 1 is 1.21 bits per heavy atom. The van der Waals surface area contributed by atoms with Crippen molar-refractivity contribution in [3.8, 4) is 0 Å². The van der Waals surface area contributed by atoms with Gasteiger partial charge in [0.2, 0.25) is 0 Å². The first kappa shape index (κ1) is 21.3. The number of guanidine groups is 1. The molecule has 152 valence electrons. The molecule has 28 heavy (non-hydrogen) atoms. The minimum atomic E-state index is 0. The van der Waals surface area contributed by atoms with Crippen molar-refractivity contribution in [2.24, 2.45) is 16.6 Å². The minimum Gasteiger partial charge on any atom is -0.373 e. The van der Waals surface area contributed by atoms with Crippen molar-refractivity contribution in [3.05, 3.63) is 47.5 Å². The van der Waals surface area contributed by atoms with Gasteiger partial charge >= 0.3 is 0 Å². The lowest BCUT2D eigenvalue weighted by Crippen LogP contribution is -2.51. The zero-order valence-corrected chi connectivity index (χ0v) is 19.1. The van der Waals surface area contributed by atoms with Crippen molar-refractivity contribution in [2.45, 2.75) is 18.9 Å². The van der Waals surface area contributed by atoms with Crippen LogP contribution < -0.4 is 10.6 Å². The Balaban J connectivity index is 0.00000225. The Morgan fingerprint density at radius 3 is 2.71 bits per heavy atom. The molecule has 0 radical (unpaired) electrons. The maximum atomic E-state index is 6.32. The highest BCUT2D eigenvalue weighted by Gasteiger charge is 2.27. The molecule has 4 rings (SSSR count). The third-order valence-corrected chi connectivity index (χ3v) is 6.19. The lowest BCUT2D eigenvalue weighted by atomic mass is 9.89. The number of rotatable bonds is 4. The lowest BCUT2D eigenvalue weighted by Gasteiger charge is -2.35. The molecule has 2 aromatic rings. The fourth-order valence-electron chi connectivity index (χ4n) is 3.85. The van der Waals surface area contributed by atoms with Crippen LogP contribution in [-0.2, 0) is 4.74 Å². The molecular weight excluding hydrogens is 485 g/mol. The van der Waals surface area contributed by atoms with Crippen LogP contribution in [0.1, 0.15) is 24.5 Å². The summed E-state index contributed by atoms with van der Waals surface area (Å²) in [6.45, 7) is 5.19. The van der Waals surface area contributed by atoms with E-state index in [1.54, 1.807) is 11.3 Å². The van der Waals surface area contributed by atoms with Crippen LogP contribution in [0, 0.1) is 5.92 Å². The van der Waals surface area contributed by atoms with Gasteiger partial charge in [0, 0.05) is 56.8 Å². The number of anilines is 1. The minimum absolute atomic E-state index is 0. The molecule has 6 nitrogen and oxygen atoms in total.